The van der Waals surface area contributed by atoms with Gasteiger partial charge in [-0.1, -0.05) is 28.1 Å². The molecule has 1 aromatic carbocycles. The van der Waals surface area contributed by atoms with Crippen LogP contribution in [0.25, 0.3) is 28.7 Å². The predicted molar refractivity (Wildman–Crippen MR) is 87.4 cm³/mol. The third-order valence-electron chi connectivity index (χ3n) is 3.74. The highest BCUT2D eigenvalue weighted by molar-refractivity contribution is 5.58. The maximum atomic E-state index is 5.32. The third-order valence-corrected chi connectivity index (χ3v) is 3.74. The van der Waals surface area contributed by atoms with Crippen molar-refractivity contribution in [3.63, 3.8) is 0 Å². The Labute approximate surface area is 138 Å². The van der Waals surface area contributed by atoms with E-state index in [1.807, 2.05) is 50.2 Å². The standard InChI is InChI=1S/C17H14N6O/c1-11-3-5-14(6-4-11)23-12(2)15(20-22-23)16-19-17(24-21-16)13-7-9-18-10-8-13/h3-10H,1-2H3. The van der Waals surface area contributed by atoms with Crippen LogP contribution in [0.4, 0.5) is 0 Å². The van der Waals surface area contributed by atoms with Gasteiger partial charge in [-0.2, -0.15) is 4.98 Å². The molecule has 0 saturated heterocycles. The highest BCUT2D eigenvalue weighted by atomic mass is 16.5. The summed E-state index contributed by atoms with van der Waals surface area (Å²) in [5.41, 5.74) is 4.39. The van der Waals surface area contributed by atoms with Gasteiger partial charge < -0.3 is 4.52 Å². The summed E-state index contributed by atoms with van der Waals surface area (Å²) in [5, 5.41) is 12.4. The molecule has 0 amide bonds. The zero-order chi connectivity index (χ0) is 16.5. The van der Waals surface area contributed by atoms with Crippen LogP contribution < -0.4 is 0 Å². The Morgan fingerprint density at radius 1 is 0.958 bits per heavy atom. The van der Waals surface area contributed by atoms with Gasteiger partial charge in [0.2, 0.25) is 5.82 Å². The molecule has 4 rings (SSSR count). The fourth-order valence-electron chi connectivity index (χ4n) is 2.40. The van der Waals surface area contributed by atoms with E-state index in [1.165, 1.54) is 5.56 Å². The van der Waals surface area contributed by atoms with E-state index in [-0.39, 0.29) is 0 Å². The summed E-state index contributed by atoms with van der Waals surface area (Å²) in [5.74, 6) is 0.842. The summed E-state index contributed by atoms with van der Waals surface area (Å²) >= 11 is 0. The zero-order valence-corrected chi connectivity index (χ0v) is 13.2. The number of rotatable bonds is 3. The summed E-state index contributed by atoms with van der Waals surface area (Å²) in [6, 6.07) is 11.7. The van der Waals surface area contributed by atoms with E-state index < -0.39 is 0 Å². The SMILES string of the molecule is Cc1ccc(-n2nnc(-c3noc(-c4ccncc4)n3)c2C)cc1. The smallest absolute Gasteiger partial charge is 0.258 e. The van der Waals surface area contributed by atoms with Crippen molar-refractivity contribution in [3.8, 4) is 28.7 Å². The molecule has 7 nitrogen and oxygen atoms in total. The fraction of sp³-hybridized carbons (Fsp3) is 0.118. The maximum absolute atomic E-state index is 5.32. The van der Waals surface area contributed by atoms with Gasteiger partial charge in [0.15, 0.2) is 5.69 Å². The molecule has 118 valence electrons. The van der Waals surface area contributed by atoms with E-state index in [2.05, 4.69) is 25.4 Å². The first-order valence-corrected chi connectivity index (χ1v) is 7.46. The minimum absolute atomic E-state index is 0.415. The Kier molecular flexibility index (Phi) is 3.38. The predicted octanol–water partition coefficient (Wildman–Crippen LogP) is 3.00. The third kappa shape index (κ3) is 2.45. The van der Waals surface area contributed by atoms with Crippen LogP contribution in [0.15, 0.2) is 53.3 Å². The molecule has 0 aliphatic heterocycles. The zero-order valence-electron chi connectivity index (χ0n) is 13.2. The molecule has 3 aromatic heterocycles. The van der Waals surface area contributed by atoms with Crippen LogP contribution in [0.5, 0.6) is 0 Å². The lowest BCUT2D eigenvalue weighted by atomic mass is 10.2. The van der Waals surface area contributed by atoms with Crippen LogP contribution in [0, 0.1) is 13.8 Å². The van der Waals surface area contributed by atoms with Crippen LogP contribution in [0.1, 0.15) is 11.3 Å². The molecule has 0 unspecified atom stereocenters. The number of nitrogens with zero attached hydrogens (tertiary/aromatic N) is 6. The largest absolute Gasteiger partial charge is 0.334 e. The minimum Gasteiger partial charge on any atom is -0.334 e. The van der Waals surface area contributed by atoms with Gasteiger partial charge in [0.25, 0.3) is 5.89 Å². The van der Waals surface area contributed by atoms with Crippen molar-refractivity contribution < 1.29 is 4.52 Å². The Morgan fingerprint density at radius 2 is 1.71 bits per heavy atom. The first-order chi connectivity index (χ1) is 11.7. The normalized spacial score (nSPS) is 10.9. The number of hydrogen-bond donors (Lipinski definition) is 0. The fourth-order valence-corrected chi connectivity index (χ4v) is 2.40. The van der Waals surface area contributed by atoms with Crippen LogP contribution in [-0.2, 0) is 0 Å². The Morgan fingerprint density at radius 3 is 2.46 bits per heavy atom. The van der Waals surface area contributed by atoms with E-state index in [4.69, 9.17) is 4.52 Å². The number of benzene rings is 1. The highest BCUT2D eigenvalue weighted by Gasteiger charge is 2.18. The van der Waals surface area contributed by atoms with Gasteiger partial charge in [-0.25, -0.2) is 4.68 Å². The molecule has 0 spiro atoms. The van der Waals surface area contributed by atoms with E-state index in [0.29, 0.717) is 17.4 Å². The summed E-state index contributed by atoms with van der Waals surface area (Å²) in [6.07, 6.45) is 3.36. The number of hydrogen-bond acceptors (Lipinski definition) is 6. The molecular formula is C17H14N6O. The van der Waals surface area contributed by atoms with Crippen LogP contribution in [0.2, 0.25) is 0 Å². The molecule has 0 atom stereocenters. The molecule has 0 aliphatic rings. The van der Waals surface area contributed by atoms with Gasteiger partial charge >= 0.3 is 0 Å². The highest BCUT2D eigenvalue weighted by Crippen LogP contribution is 2.23. The lowest BCUT2D eigenvalue weighted by molar-refractivity contribution is 0.432. The van der Waals surface area contributed by atoms with Gasteiger partial charge in [-0.05, 0) is 38.1 Å². The van der Waals surface area contributed by atoms with E-state index in [9.17, 15) is 0 Å². The van der Waals surface area contributed by atoms with Gasteiger partial charge in [0, 0.05) is 18.0 Å². The molecule has 4 aromatic rings. The van der Waals surface area contributed by atoms with Crippen molar-refractivity contribution in [2.75, 3.05) is 0 Å². The van der Waals surface area contributed by atoms with E-state index >= 15 is 0 Å². The monoisotopic (exact) mass is 318 g/mol. The molecule has 7 heteroatoms. The van der Waals surface area contributed by atoms with Crippen LogP contribution in [0.3, 0.4) is 0 Å². The van der Waals surface area contributed by atoms with Gasteiger partial charge in [0.1, 0.15) is 0 Å². The Balaban J connectivity index is 1.71. The molecule has 0 N–H and O–H groups in total. The van der Waals surface area contributed by atoms with E-state index in [0.717, 1.165) is 16.9 Å². The molecule has 0 bridgehead atoms. The molecule has 0 fully saturated rings. The summed E-state index contributed by atoms with van der Waals surface area (Å²) < 4.78 is 7.09. The number of aryl methyl sites for hydroxylation is 1. The van der Waals surface area contributed by atoms with Crippen molar-refractivity contribution in [2.24, 2.45) is 0 Å². The van der Waals surface area contributed by atoms with Crippen LogP contribution in [-0.4, -0.2) is 30.1 Å². The molecule has 0 radical (unpaired) electrons. The molecular weight excluding hydrogens is 304 g/mol. The molecule has 3 heterocycles. The average molecular weight is 318 g/mol. The topological polar surface area (TPSA) is 82.5 Å². The summed E-state index contributed by atoms with van der Waals surface area (Å²) in [7, 11) is 0. The Bertz CT molecular complexity index is 972. The van der Waals surface area contributed by atoms with Gasteiger partial charge in [-0.15, -0.1) is 5.10 Å². The lowest BCUT2D eigenvalue weighted by Crippen LogP contribution is -1.99. The quantitative estimate of drug-likeness (QED) is 0.577. The molecule has 0 aliphatic carbocycles. The second kappa shape index (κ2) is 5.69. The van der Waals surface area contributed by atoms with Crippen molar-refractivity contribution in [1.29, 1.82) is 0 Å². The summed E-state index contributed by atoms with van der Waals surface area (Å²) in [6.45, 7) is 3.97. The Hall–Kier alpha value is -3.35. The second-order valence-corrected chi connectivity index (χ2v) is 5.43. The lowest BCUT2D eigenvalue weighted by Gasteiger charge is -2.03. The first-order valence-electron chi connectivity index (χ1n) is 7.46. The van der Waals surface area contributed by atoms with Crippen molar-refractivity contribution in [3.05, 3.63) is 60.0 Å². The van der Waals surface area contributed by atoms with E-state index in [1.54, 1.807) is 17.1 Å². The average Bonchev–Trinajstić information content (AvgIpc) is 3.23. The van der Waals surface area contributed by atoms with Gasteiger partial charge in [0.05, 0.1) is 11.4 Å². The summed E-state index contributed by atoms with van der Waals surface area (Å²) in [4.78, 5) is 8.39. The van der Waals surface area contributed by atoms with Crippen molar-refractivity contribution >= 4 is 0 Å². The minimum atomic E-state index is 0.415. The van der Waals surface area contributed by atoms with Crippen LogP contribution >= 0.6 is 0 Å². The number of aromatic nitrogens is 6. The van der Waals surface area contributed by atoms with Gasteiger partial charge in [-0.3, -0.25) is 4.98 Å². The molecule has 0 saturated carbocycles. The van der Waals surface area contributed by atoms with Crippen molar-refractivity contribution in [1.82, 2.24) is 30.1 Å². The maximum Gasteiger partial charge on any atom is 0.258 e. The first kappa shape index (κ1) is 14.3. The second-order valence-electron chi connectivity index (χ2n) is 5.43. The molecule has 24 heavy (non-hydrogen) atoms. The van der Waals surface area contributed by atoms with Crippen molar-refractivity contribution in [2.45, 2.75) is 13.8 Å². The number of pyridine rings is 1.